The first kappa shape index (κ1) is 6.93. The summed E-state index contributed by atoms with van der Waals surface area (Å²) in [6.45, 7) is 5.74. The molecule has 2 heteroatoms. The molecule has 0 atom stereocenters. The summed E-state index contributed by atoms with van der Waals surface area (Å²) in [5.41, 5.74) is 3.41. The molecule has 0 amide bonds. The van der Waals surface area contributed by atoms with E-state index in [2.05, 4.69) is 16.9 Å². The molecular formula is C8H12N2. The molecule has 0 unspecified atom stereocenters. The maximum Gasteiger partial charge on any atom is 0.0591 e. The fourth-order valence-electron chi connectivity index (χ4n) is 1.01. The minimum absolute atomic E-state index is 1.10. The predicted molar refractivity (Wildman–Crippen MR) is 45.2 cm³/mol. The van der Waals surface area contributed by atoms with Crippen LogP contribution in [0.3, 0.4) is 0 Å². The zero-order chi connectivity index (χ0) is 7.56. The monoisotopic (exact) mass is 136 g/mol. The molecule has 10 heavy (non-hydrogen) atoms. The molecule has 54 valence electrons. The summed E-state index contributed by atoms with van der Waals surface area (Å²) in [6.07, 6.45) is 3.78. The average Bonchev–Trinajstić information content (AvgIpc) is 2.30. The first-order chi connectivity index (χ1) is 4.79. The van der Waals surface area contributed by atoms with Crippen molar-refractivity contribution in [2.45, 2.75) is 6.92 Å². The standard InChI is InChI=1S/C8H12N2/c1-4-7-6(2)10-5-8(7)9-3/h4-5,9-10H,1H2,2-3H3. The van der Waals surface area contributed by atoms with Crippen LogP contribution in [0, 0.1) is 6.92 Å². The number of aromatic amines is 1. The van der Waals surface area contributed by atoms with Gasteiger partial charge in [-0.1, -0.05) is 12.7 Å². The summed E-state index contributed by atoms with van der Waals surface area (Å²) in [4.78, 5) is 3.11. The van der Waals surface area contributed by atoms with Gasteiger partial charge in [0.05, 0.1) is 5.69 Å². The summed E-state index contributed by atoms with van der Waals surface area (Å²) < 4.78 is 0. The third kappa shape index (κ3) is 0.923. The molecule has 0 radical (unpaired) electrons. The second-order valence-corrected chi connectivity index (χ2v) is 2.20. The Morgan fingerprint density at radius 2 is 2.40 bits per heavy atom. The van der Waals surface area contributed by atoms with Gasteiger partial charge in [0.25, 0.3) is 0 Å². The van der Waals surface area contributed by atoms with Crippen LogP contribution in [0.25, 0.3) is 6.08 Å². The Balaban J connectivity index is 3.12. The van der Waals surface area contributed by atoms with Crippen LogP contribution in [0.15, 0.2) is 12.8 Å². The lowest BCUT2D eigenvalue weighted by molar-refractivity contribution is 1.26. The second kappa shape index (κ2) is 2.60. The SMILES string of the molecule is C=Cc1c(NC)c[nH]c1C. The average molecular weight is 136 g/mol. The summed E-state index contributed by atoms with van der Waals surface area (Å²) in [7, 11) is 1.90. The molecule has 0 spiro atoms. The fourth-order valence-corrected chi connectivity index (χ4v) is 1.01. The Kier molecular flexibility index (Phi) is 1.81. The van der Waals surface area contributed by atoms with Crippen LogP contribution in [-0.2, 0) is 0 Å². The summed E-state index contributed by atoms with van der Waals surface area (Å²) in [5, 5.41) is 3.06. The maximum atomic E-state index is 3.71. The zero-order valence-electron chi connectivity index (χ0n) is 6.36. The van der Waals surface area contributed by atoms with E-state index in [9.17, 15) is 0 Å². The first-order valence-corrected chi connectivity index (χ1v) is 3.27. The summed E-state index contributed by atoms with van der Waals surface area (Å²) in [5.74, 6) is 0. The van der Waals surface area contributed by atoms with Crippen molar-refractivity contribution in [1.82, 2.24) is 4.98 Å². The van der Waals surface area contributed by atoms with E-state index in [0.717, 1.165) is 16.9 Å². The van der Waals surface area contributed by atoms with Gasteiger partial charge in [0, 0.05) is 24.5 Å². The molecule has 1 heterocycles. The lowest BCUT2D eigenvalue weighted by Gasteiger charge is -1.96. The Morgan fingerprint density at radius 1 is 1.70 bits per heavy atom. The lowest BCUT2D eigenvalue weighted by atomic mass is 10.2. The molecule has 1 aromatic rings. The Bertz CT molecular complexity index is 235. The smallest absolute Gasteiger partial charge is 0.0591 e. The van der Waals surface area contributed by atoms with Gasteiger partial charge in [-0.3, -0.25) is 0 Å². The third-order valence-corrected chi connectivity index (χ3v) is 1.60. The van der Waals surface area contributed by atoms with Gasteiger partial charge in [0.15, 0.2) is 0 Å². The van der Waals surface area contributed by atoms with Crippen molar-refractivity contribution in [1.29, 1.82) is 0 Å². The molecule has 0 aromatic carbocycles. The fraction of sp³-hybridized carbons (Fsp3) is 0.250. The predicted octanol–water partition coefficient (Wildman–Crippen LogP) is 2.01. The van der Waals surface area contributed by atoms with E-state index >= 15 is 0 Å². The molecule has 0 fully saturated rings. The largest absolute Gasteiger partial charge is 0.386 e. The van der Waals surface area contributed by atoms with E-state index in [1.165, 1.54) is 0 Å². The van der Waals surface area contributed by atoms with Crippen LogP contribution < -0.4 is 5.32 Å². The van der Waals surface area contributed by atoms with Crippen LogP contribution in [0.2, 0.25) is 0 Å². The number of aromatic nitrogens is 1. The molecule has 0 bridgehead atoms. The molecule has 0 saturated carbocycles. The number of H-pyrrole nitrogens is 1. The second-order valence-electron chi connectivity index (χ2n) is 2.20. The van der Waals surface area contributed by atoms with Crippen LogP contribution in [0.5, 0.6) is 0 Å². The molecule has 0 aliphatic carbocycles. The minimum Gasteiger partial charge on any atom is -0.386 e. The number of hydrogen-bond donors (Lipinski definition) is 2. The molecule has 1 aromatic heterocycles. The molecule has 0 aliphatic rings. The number of hydrogen-bond acceptors (Lipinski definition) is 1. The molecule has 1 rings (SSSR count). The molecule has 0 saturated heterocycles. The highest BCUT2D eigenvalue weighted by Crippen LogP contribution is 2.18. The topological polar surface area (TPSA) is 27.8 Å². The van der Waals surface area contributed by atoms with Gasteiger partial charge in [0.1, 0.15) is 0 Å². The van der Waals surface area contributed by atoms with Crippen molar-refractivity contribution in [2.75, 3.05) is 12.4 Å². The van der Waals surface area contributed by atoms with Crippen LogP contribution in [-0.4, -0.2) is 12.0 Å². The number of anilines is 1. The van der Waals surface area contributed by atoms with E-state index in [4.69, 9.17) is 0 Å². The molecule has 2 N–H and O–H groups in total. The van der Waals surface area contributed by atoms with Crippen molar-refractivity contribution in [3.8, 4) is 0 Å². The quantitative estimate of drug-likeness (QED) is 0.639. The normalized spacial score (nSPS) is 9.40. The highest BCUT2D eigenvalue weighted by molar-refractivity contribution is 5.67. The van der Waals surface area contributed by atoms with E-state index in [0.29, 0.717) is 0 Å². The Hall–Kier alpha value is -1.18. The van der Waals surface area contributed by atoms with E-state index < -0.39 is 0 Å². The zero-order valence-corrected chi connectivity index (χ0v) is 6.36. The van der Waals surface area contributed by atoms with Gasteiger partial charge < -0.3 is 10.3 Å². The number of aryl methyl sites for hydroxylation is 1. The lowest BCUT2D eigenvalue weighted by Crippen LogP contribution is -1.86. The van der Waals surface area contributed by atoms with Gasteiger partial charge in [-0.05, 0) is 6.92 Å². The maximum absolute atomic E-state index is 3.71. The van der Waals surface area contributed by atoms with Crippen molar-refractivity contribution in [2.24, 2.45) is 0 Å². The van der Waals surface area contributed by atoms with Crippen LogP contribution >= 0.6 is 0 Å². The van der Waals surface area contributed by atoms with Crippen molar-refractivity contribution in [3.05, 3.63) is 24.0 Å². The third-order valence-electron chi connectivity index (χ3n) is 1.60. The highest BCUT2D eigenvalue weighted by atomic mass is 14.9. The van der Waals surface area contributed by atoms with Gasteiger partial charge in [0.2, 0.25) is 0 Å². The van der Waals surface area contributed by atoms with Gasteiger partial charge in [-0.25, -0.2) is 0 Å². The summed E-state index contributed by atoms with van der Waals surface area (Å²) >= 11 is 0. The highest BCUT2D eigenvalue weighted by Gasteiger charge is 2.00. The number of nitrogens with one attached hydrogen (secondary N) is 2. The van der Waals surface area contributed by atoms with Crippen LogP contribution in [0.1, 0.15) is 11.3 Å². The van der Waals surface area contributed by atoms with Gasteiger partial charge in [-0.2, -0.15) is 0 Å². The van der Waals surface area contributed by atoms with Crippen molar-refractivity contribution < 1.29 is 0 Å². The van der Waals surface area contributed by atoms with Crippen molar-refractivity contribution >= 4 is 11.8 Å². The van der Waals surface area contributed by atoms with Gasteiger partial charge in [-0.15, -0.1) is 0 Å². The van der Waals surface area contributed by atoms with Gasteiger partial charge >= 0.3 is 0 Å². The minimum atomic E-state index is 1.10. The number of rotatable bonds is 2. The van der Waals surface area contributed by atoms with E-state index in [1.54, 1.807) is 0 Å². The molecule has 0 aliphatic heterocycles. The van der Waals surface area contributed by atoms with Crippen molar-refractivity contribution in [3.63, 3.8) is 0 Å². The summed E-state index contributed by atoms with van der Waals surface area (Å²) in [6, 6.07) is 0. The Morgan fingerprint density at radius 3 is 2.80 bits per heavy atom. The first-order valence-electron chi connectivity index (χ1n) is 3.27. The van der Waals surface area contributed by atoms with Crippen LogP contribution in [0.4, 0.5) is 5.69 Å². The van der Waals surface area contributed by atoms with E-state index in [-0.39, 0.29) is 0 Å². The Labute approximate surface area is 61.0 Å². The van der Waals surface area contributed by atoms with E-state index in [1.807, 2.05) is 26.2 Å². The molecular weight excluding hydrogens is 124 g/mol. The molecule has 2 nitrogen and oxygen atoms in total.